The molecular formula is C27H37FN2O4. The number of benzene rings is 2. The maximum absolute atomic E-state index is 13.4. The summed E-state index contributed by atoms with van der Waals surface area (Å²) in [7, 11) is 0. The van der Waals surface area contributed by atoms with Crippen LogP contribution in [0.15, 0.2) is 42.5 Å². The van der Waals surface area contributed by atoms with E-state index in [4.69, 9.17) is 9.47 Å². The molecule has 2 aromatic carbocycles. The van der Waals surface area contributed by atoms with Crippen LogP contribution in [0.5, 0.6) is 11.5 Å². The SMILES string of the molecule is CCOc1ccc(CCC(=O)N(Cc2ccc(F)cc2)[C@@H](C)C(=O)N[C@@H](C)CC)cc1OCC. The van der Waals surface area contributed by atoms with Crippen LogP contribution in [0.2, 0.25) is 0 Å². The van der Waals surface area contributed by atoms with E-state index in [0.29, 0.717) is 31.1 Å². The third-order valence-electron chi connectivity index (χ3n) is 5.67. The zero-order valence-electron chi connectivity index (χ0n) is 20.9. The summed E-state index contributed by atoms with van der Waals surface area (Å²) < 4.78 is 24.7. The number of hydrogen-bond acceptors (Lipinski definition) is 4. The summed E-state index contributed by atoms with van der Waals surface area (Å²) in [4.78, 5) is 27.6. The normalized spacial score (nSPS) is 12.5. The van der Waals surface area contributed by atoms with E-state index in [1.807, 2.05) is 45.9 Å². The summed E-state index contributed by atoms with van der Waals surface area (Å²) >= 11 is 0. The van der Waals surface area contributed by atoms with Crippen molar-refractivity contribution >= 4 is 11.8 Å². The minimum absolute atomic E-state index is 0.0126. The topological polar surface area (TPSA) is 67.9 Å². The second-order valence-corrected chi connectivity index (χ2v) is 8.29. The second-order valence-electron chi connectivity index (χ2n) is 8.29. The molecule has 0 aromatic heterocycles. The molecule has 7 heteroatoms. The smallest absolute Gasteiger partial charge is 0.242 e. The molecule has 34 heavy (non-hydrogen) atoms. The Bertz CT molecular complexity index is 933. The molecule has 0 saturated carbocycles. The number of amides is 2. The maximum atomic E-state index is 13.4. The monoisotopic (exact) mass is 472 g/mol. The molecular weight excluding hydrogens is 435 g/mol. The molecule has 2 aromatic rings. The van der Waals surface area contributed by atoms with E-state index in [1.54, 1.807) is 24.0 Å². The molecule has 0 fully saturated rings. The third-order valence-corrected chi connectivity index (χ3v) is 5.67. The average Bonchev–Trinajstić information content (AvgIpc) is 2.83. The lowest BCUT2D eigenvalue weighted by molar-refractivity contribution is -0.140. The molecule has 6 nitrogen and oxygen atoms in total. The van der Waals surface area contributed by atoms with Gasteiger partial charge in [-0.25, -0.2) is 4.39 Å². The predicted molar refractivity (Wildman–Crippen MR) is 131 cm³/mol. The van der Waals surface area contributed by atoms with Crippen molar-refractivity contribution in [3.05, 3.63) is 59.4 Å². The van der Waals surface area contributed by atoms with Crippen molar-refractivity contribution < 1.29 is 23.5 Å². The number of carbonyl (C=O) groups is 2. The van der Waals surface area contributed by atoms with E-state index >= 15 is 0 Å². The molecule has 2 rings (SSSR count). The van der Waals surface area contributed by atoms with Gasteiger partial charge in [0.15, 0.2) is 11.5 Å². The number of halogens is 1. The van der Waals surface area contributed by atoms with E-state index in [2.05, 4.69) is 5.32 Å². The zero-order valence-corrected chi connectivity index (χ0v) is 20.9. The highest BCUT2D eigenvalue weighted by Crippen LogP contribution is 2.29. The first kappa shape index (κ1) is 27.2. The summed E-state index contributed by atoms with van der Waals surface area (Å²) in [6, 6.07) is 11.0. The fourth-order valence-electron chi connectivity index (χ4n) is 3.48. The van der Waals surface area contributed by atoms with Crippen molar-refractivity contribution in [3.8, 4) is 11.5 Å². The largest absolute Gasteiger partial charge is 0.490 e. The Morgan fingerprint density at radius 1 is 0.941 bits per heavy atom. The van der Waals surface area contributed by atoms with Gasteiger partial charge in [-0.1, -0.05) is 25.1 Å². The van der Waals surface area contributed by atoms with Crippen LogP contribution in [0, 0.1) is 5.82 Å². The van der Waals surface area contributed by atoms with Crippen LogP contribution in [-0.2, 0) is 22.6 Å². The lowest BCUT2D eigenvalue weighted by Gasteiger charge is -2.30. The van der Waals surface area contributed by atoms with E-state index in [9.17, 15) is 14.0 Å². The number of nitrogens with zero attached hydrogens (tertiary/aromatic N) is 1. The maximum Gasteiger partial charge on any atom is 0.242 e. The number of carbonyl (C=O) groups excluding carboxylic acids is 2. The summed E-state index contributed by atoms with van der Waals surface area (Å²) in [6.45, 7) is 10.7. The van der Waals surface area contributed by atoms with Gasteiger partial charge in [-0.15, -0.1) is 0 Å². The minimum Gasteiger partial charge on any atom is -0.490 e. The first-order chi connectivity index (χ1) is 16.3. The first-order valence-corrected chi connectivity index (χ1v) is 12.0. The van der Waals surface area contributed by atoms with Crippen molar-refractivity contribution in [2.75, 3.05) is 13.2 Å². The van der Waals surface area contributed by atoms with Crippen LogP contribution in [0.3, 0.4) is 0 Å². The van der Waals surface area contributed by atoms with Crippen LogP contribution in [0.25, 0.3) is 0 Å². The molecule has 0 aliphatic carbocycles. The van der Waals surface area contributed by atoms with Crippen LogP contribution in [0.1, 0.15) is 58.6 Å². The minimum atomic E-state index is -0.661. The Hall–Kier alpha value is -3.09. The number of nitrogens with one attached hydrogen (secondary N) is 1. The average molecular weight is 473 g/mol. The summed E-state index contributed by atoms with van der Waals surface area (Å²) in [6.07, 6.45) is 1.51. The van der Waals surface area contributed by atoms with Crippen LogP contribution < -0.4 is 14.8 Å². The highest BCUT2D eigenvalue weighted by Gasteiger charge is 2.26. The summed E-state index contributed by atoms with van der Waals surface area (Å²) in [5, 5.41) is 2.95. The van der Waals surface area contributed by atoms with Gasteiger partial charge >= 0.3 is 0 Å². The van der Waals surface area contributed by atoms with E-state index in [1.165, 1.54) is 12.1 Å². The number of aryl methyl sites for hydroxylation is 1. The molecule has 0 aliphatic rings. The van der Waals surface area contributed by atoms with Crippen LogP contribution in [0.4, 0.5) is 4.39 Å². The molecule has 0 aliphatic heterocycles. The summed E-state index contributed by atoms with van der Waals surface area (Å²) in [5.74, 6) is 0.628. The Labute approximate surface area is 202 Å². The Balaban J connectivity index is 2.17. The Kier molecular flexibility index (Phi) is 10.8. The molecule has 186 valence electrons. The third kappa shape index (κ3) is 8.04. The Morgan fingerprint density at radius 3 is 2.18 bits per heavy atom. The standard InChI is InChI=1S/C27H37FN2O4/c1-6-19(4)29-27(32)20(5)30(18-22-9-13-23(28)14-10-22)26(31)16-12-21-11-15-24(33-7-2)25(17-21)34-8-3/h9-11,13-15,17,19-20H,6-8,12,16,18H2,1-5H3,(H,29,32)/t19-,20-/m0/s1. The van der Waals surface area contributed by atoms with E-state index < -0.39 is 6.04 Å². The first-order valence-electron chi connectivity index (χ1n) is 12.0. The van der Waals surface area contributed by atoms with Gasteiger partial charge in [0.1, 0.15) is 11.9 Å². The lowest BCUT2D eigenvalue weighted by atomic mass is 10.1. The molecule has 0 radical (unpaired) electrons. The van der Waals surface area contributed by atoms with E-state index in [0.717, 1.165) is 17.5 Å². The molecule has 0 heterocycles. The second kappa shape index (κ2) is 13.6. The van der Waals surface area contributed by atoms with E-state index in [-0.39, 0.29) is 36.6 Å². The fourth-order valence-corrected chi connectivity index (χ4v) is 3.48. The fraction of sp³-hybridized carbons (Fsp3) is 0.481. The van der Waals surface area contributed by atoms with Crippen molar-refractivity contribution in [2.24, 2.45) is 0 Å². The van der Waals surface area contributed by atoms with Gasteiger partial charge in [0.25, 0.3) is 0 Å². The van der Waals surface area contributed by atoms with Crippen LogP contribution in [-0.4, -0.2) is 42.0 Å². The number of hydrogen-bond donors (Lipinski definition) is 1. The molecule has 2 amide bonds. The van der Waals surface area contributed by atoms with Gasteiger partial charge in [-0.05, 0) is 75.9 Å². The van der Waals surface area contributed by atoms with Gasteiger partial charge in [0.05, 0.1) is 13.2 Å². The molecule has 0 spiro atoms. The molecule has 0 saturated heterocycles. The van der Waals surface area contributed by atoms with Gasteiger partial charge in [0.2, 0.25) is 11.8 Å². The summed E-state index contributed by atoms with van der Waals surface area (Å²) in [5.41, 5.74) is 1.70. The highest BCUT2D eigenvalue weighted by molar-refractivity contribution is 5.87. The van der Waals surface area contributed by atoms with Crippen molar-refractivity contribution in [2.45, 2.75) is 72.5 Å². The van der Waals surface area contributed by atoms with Gasteiger partial charge in [-0.3, -0.25) is 9.59 Å². The van der Waals surface area contributed by atoms with Crippen LogP contribution >= 0.6 is 0 Å². The molecule has 0 bridgehead atoms. The van der Waals surface area contributed by atoms with Crippen molar-refractivity contribution in [3.63, 3.8) is 0 Å². The molecule has 2 atom stereocenters. The van der Waals surface area contributed by atoms with Gasteiger partial charge < -0.3 is 19.7 Å². The highest BCUT2D eigenvalue weighted by atomic mass is 19.1. The number of rotatable bonds is 13. The predicted octanol–water partition coefficient (Wildman–Crippen LogP) is 4.89. The molecule has 0 unspecified atom stereocenters. The zero-order chi connectivity index (χ0) is 25.1. The Morgan fingerprint density at radius 2 is 1.56 bits per heavy atom. The van der Waals surface area contributed by atoms with Crippen molar-refractivity contribution in [1.82, 2.24) is 10.2 Å². The van der Waals surface area contributed by atoms with Crippen molar-refractivity contribution in [1.29, 1.82) is 0 Å². The molecule has 1 N–H and O–H groups in total. The lowest BCUT2D eigenvalue weighted by Crippen LogP contribution is -2.49. The van der Waals surface area contributed by atoms with Gasteiger partial charge in [0, 0.05) is 19.0 Å². The number of ether oxygens (including phenoxy) is 2. The quantitative estimate of drug-likeness (QED) is 0.451. The van der Waals surface area contributed by atoms with Gasteiger partial charge in [-0.2, -0.15) is 0 Å².